The maximum atomic E-state index is 14.4. The van der Waals surface area contributed by atoms with Gasteiger partial charge in [-0.3, -0.25) is 0 Å². The third kappa shape index (κ3) is 7.47. The van der Waals surface area contributed by atoms with Gasteiger partial charge in [-0.2, -0.15) is 0 Å². The Hall–Kier alpha value is -3.29. The SMILES string of the molecule is CCCCCCCc1ccc(C#Cc2ccc(C#Cc3ccc(C)cc3)cc2)cc1F. The van der Waals surface area contributed by atoms with E-state index in [1.807, 2.05) is 48.5 Å². The quantitative estimate of drug-likeness (QED) is 0.293. The minimum absolute atomic E-state index is 0.149. The van der Waals surface area contributed by atoms with Gasteiger partial charge in [0.15, 0.2) is 0 Å². The zero-order valence-electron chi connectivity index (χ0n) is 18.5. The van der Waals surface area contributed by atoms with E-state index in [0.717, 1.165) is 35.1 Å². The van der Waals surface area contributed by atoms with E-state index in [9.17, 15) is 4.39 Å². The van der Waals surface area contributed by atoms with Crippen molar-refractivity contribution in [2.45, 2.75) is 52.4 Å². The van der Waals surface area contributed by atoms with Gasteiger partial charge in [0.1, 0.15) is 5.82 Å². The summed E-state index contributed by atoms with van der Waals surface area (Å²) in [5.74, 6) is 12.4. The zero-order chi connectivity index (χ0) is 21.9. The first-order chi connectivity index (χ1) is 15.1. The predicted octanol–water partition coefficient (Wildman–Crippen LogP) is 7.45. The van der Waals surface area contributed by atoms with Crippen molar-refractivity contribution in [1.29, 1.82) is 0 Å². The van der Waals surface area contributed by atoms with E-state index in [0.29, 0.717) is 5.56 Å². The van der Waals surface area contributed by atoms with Gasteiger partial charge in [-0.25, -0.2) is 4.39 Å². The van der Waals surface area contributed by atoms with Crippen LogP contribution >= 0.6 is 0 Å². The fourth-order valence-corrected chi connectivity index (χ4v) is 3.31. The second kappa shape index (κ2) is 11.8. The number of halogens is 1. The summed E-state index contributed by atoms with van der Waals surface area (Å²) >= 11 is 0. The van der Waals surface area contributed by atoms with Crippen LogP contribution in [0.1, 0.15) is 72.4 Å². The van der Waals surface area contributed by atoms with Crippen molar-refractivity contribution < 1.29 is 4.39 Å². The Kier molecular flexibility index (Phi) is 8.51. The second-order valence-electron chi connectivity index (χ2n) is 7.91. The summed E-state index contributed by atoms with van der Waals surface area (Å²) in [6.45, 7) is 4.27. The van der Waals surface area contributed by atoms with Gasteiger partial charge in [0.25, 0.3) is 0 Å². The molecule has 0 aromatic heterocycles. The maximum Gasteiger partial charge on any atom is 0.127 e. The second-order valence-corrected chi connectivity index (χ2v) is 7.91. The van der Waals surface area contributed by atoms with Crippen molar-refractivity contribution in [3.05, 3.63) is 106 Å². The summed E-state index contributed by atoms with van der Waals surface area (Å²) < 4.78 is 14.4. The lowest BCUT2D eigenvalue weighted by molar-refractivity contribution is 0.587. The summed E-state index contributed by atoms with van der Waals surface area (Å²) in [5.41, 5.74) is 5.56. The average Bonchev–Trinajstić information content (AvgIpc) is 2.79. The molecule has 0 aliphatic heterocycles. The Bertz CT molecular complexity index is 1100. The van der Waals surface area contributed by atoms with Crippen LogP contribution < -0.4 is 0 Å². The molecule has 0 fully saturated rings. The third-order valence-corrected chi connectivity index (χ3v) is 5.24. The van der Waals surface area contributed by atoms with Gasteiger partial charge in [0.05, 0.1) is 0 Å². The minimum atomic E-state index is -0.149. The number of rotatable bonds is 6. The largest absolute Gasteiger partial charge is 0.207 e. The molecule has 31 heavy (non-hydrogen) atoms. The van der Waals surface area contributed by atoms with Gasteiger partial charge in [-0.05, 0) is 73.9 Å². The van der Waals surface area contributed by atoms with Crippen LogP contribution in [0.4, 0.5) is 4.39 Å². The zero-order valence-corrected chi connectivity index (χ0v) is 18.5. The molecule has 0 saturated carbocycles. The standard InChI is InChI=1S/C30H29F/c1-3-4-5-6-7-8-29-22-21-28(23-30(29)31)20-19-27-17-15-26(16-18-27)14-13-25-11-9-24(2)10-12-25/h9-12,15-18,21-23H,3-8H2,1-2H3. The van der Waals surface area contributed by atoms with Crippen LogP contribution in [0.2, 0.25) is 0 Å². The Balaban J connectivity index is 1.59. The first-order valence-corrected chi connectivity index (χ1v) is 11.1. The summed E-state index contributed by atoms with van der Waals surface area (Å²) in [6, 6.07) is 21.4. The van der Waals surface area contributed by atoms with Crippen LogP contribution in [0.5, 0.6) is 0 Å². The fraction of sp³-hybridized carbons (Fsp3) is 0.267. The first kappa shape index (κ1) is 22.4. The summed E-state index contributed by atoms with van der Waals surface area (Å²) in [5, 5.41) is 0. The summed E-state index contributed by atoms with van der Waals surface area (Å²) in [6.07, 6.45) is 6.73. The van der Waals surface area contributed by atoms with Crippen molar-refractivity contribution in [1.82, 2.24) is 0 Å². The lowest BCUT2D eigenvalue weighted by Gasteiger charge is -2.04. The number of aryl methyl sites for hydroxylation is 2. The lowest BCUT2D eigenvalue weighted by Crippen LogP contribution is -1.92. The molecular weight excluding hydrogens is 379 g/mol. The van der Waals surface area contributed by atoms with Gasteiger partial charge in [0, 0.05) is 22.3 Å². The van der Waals surface area contributed by atoms with Gasteiger partial charge in [0.2, 0.25) is 0 Å². The van der Waals surface area contributed by atoms with E-state index >= 15 is 0 Å². The predicted molar refractivity (Wildman–Crippen MR) is 128 cm³/mol. The molecule has 0 aliphatic carbocycles. The minimum Gasteiger partial charge on any atom is -0.207 e. The molecule has 3 rings (SSSR count). The highest BCUT2D eigenvalue weighted by molar-refractivity contribution is 5.48. The van der Waals surface area contributed by atoms with Crippen LogP contribution in [-0.4, -0.2) is 0 Å². The molecule has 0 aliphatic rings. The summed E-state index contributed by atoms with van der Waals surface area (Å²) in [4.78, 5) is 0. The molecule has 0 radical (unpaired) electrons. The van der Waals surface area contributed by atoms with Crippen LogP contribution in [0, 0.1) is 36.4 Å². The molecular formula is C30H29F. The van der Waals surface area contributed by atoms with Gasteiger partial charge < -0.3 is 0 Å². The highest BCUT2D eigenvalue weighted by Gasteiger charge is 2.03. The Morgan fingerprint density at radius 2 is 1.10 bits per heavy atom. The van der Waals surface area contributed by atoms with E-state index in [-0.39, 0.29) is 5.82 Å². The molecule has 0 nitrogen and oxygen atoms in total. The number of hydrogen-bond donors (Lipinski definition) is 0. The van der Waals surface area contributed by atoms with E-state index in [4.69, 9.17) is 0 Å². The molecule has 3 aromatic carbocycles. The van der Waals surface area contributed by atoms with Crippen molar-refractivity contribution in [2.24, 2.45) is 0 Å². The van der Waals surface area contributed by atoms with Crippen molar-refractivity contribution in [2.75, 3.05) is 0 Å². The average molecular weight is 409 g/mol. The molecule has 0 N–H and O–H groups in total. The Morgan fingerprint density at radius 3 is 1.65 bits per heavy atom. The summed E-state index contributed by atoms with van der Waals surface area (Å²) in [7, 11) is 0. The third-order valence-electron chi connectivity index (χ3n) is 5.24. The van der Waals surface area contributed by atoms with Gasteiger partial charge >= 0.3 is 0 Å². The van der Waals surface area contributed by atoms with Crippen LogP contribution in [0.15, 0.2) is 66.7 Å². The molecule has 0 unspecified atom stereocenters. The molecule has 156 valence electrons. The molecule has 0 atom stereocenters. The normalized spacial score (nSPS) is 10.0. The van der Waals surface area contributed by atoms with Gasteiger partial charge in [-0.1, -0.05) is 80.1 Å². The Labute approximate surface area is 186 Å². The molecule has 0 bridgehead atoms. The van der Waals surface area contributed by atoms with Crippen LogP contribution in [0.3, 0.4) is 0 Å². The van der Waals surface area contributed by atoms with Crippen molar-refractivity contribution >= 4 is 0 Å². The molecule has 0 heterocycles. The molecule has 1 heteroatoms. The molecule has 0 saturated heterocycles. The van der Waals surface area contributed by atoms with Crippen LogP contribution in [0.25, 0.3) is 0 Å². The van der Waals surface area contributed by atoms with E-state index in [2.05, 4.69) is 49.7 Å². The van der Waals surface area contributed by atoms with Crippen LogP contribution in [-0.2, 0) is 6.42 Å². The smallest absolute Gasteiger partial charge is 0.127 e. The number of unbranched alkanes of at least 4 members (excludes halogenated alkanes) is 4. The highest BCUT2D eigenvalue weighted by Crippen LogP contribution is 2.14. The van der Waals surface area contributed by atoms with Crippen molar-refractivity contribution in [3.63, 3.8) is 0 Å². The van der Waals surface area contributed by atoms with E-state index < -0.39 is 0 Å². The molecule has 3 aromatic rings. The topological polar surface area (TPSA) is 0 Å². The first-order valence-electron chi connectivity index (χ1n) is 11.1. The number of hydrogen-bond acceptors (Lipinski definition) is 0. The maximum absolute atomic E-state index is 14.4. The molecule has 0 amide bonds. The van der Waals surface area contributed by atoms with E-state index in [1.165, 1.54) is 31.2 Å². The Morgan fingerprint density at radius 1 is 0.613 bits per heavy atom. The van der Waals surface area contributed by atoms with E-state index in [1.54, 1.807) is 6.07 Å². The fourth-order valence-electron chi connectivity index (χ4n) is 3.31. The monoisotopic (exact) mass is 408 g/mol. The van der Waals surface area contributed by atoms with Crippen molar-refractivity contribution in [3.8, 4) is 23.7 Å². The number of benzene rings is 3. The highest BCUT2D eigenvalue weighted by atomic mass is 19.1. The lowest BCUT2D eigenvalue weighted by atomic mass is 10.0. The van der Waals surface area contributed by atoms with Gasteiger partial charge in [-0.15, -0.1) is 0 Å². The molecule has 0 spiro atoms.